The smallest absolute Gasteiger partial charge is 0.321 e. The van der Waals surface area contributed by atoms with Crippen LogP contribution in [-0.4, -0.2) is 58.5 Å². The molecule has 5 nitrogen and oxygen atoms in total. The molecule has 3 atom stereocenters. The number of likely N-dealkylation sites (tertiary alicyclic amines) is 2. The Morgan fingerprint density at radius 3 is 2.24 bits per heavy atom. The van der Waals surface area contributed by atoms with Gasteiger partial charge in [0.2, 0.25) is 5.91 Å². The Balaban J connectivity index is 2.07. The summed E-state index contributed by atoms with van der Waals surface area (Å²) in [6.07, 6.45) is 6.42. The SMILES string of the molecule is CC1CCCN(C(C)C(=O)N2CCCCCC2)C1C(=O)O. The number of hydrogen-bond donors (Lipinski definition) is 1. The molecule has 120 valence electrons. The third kappa shape index (κ3) is 3.76. The summed E-state index contributed by atoms with van der Waals surface area (Å²) in [5, 5.41) is 9.50. The molecule has 0 aromatic rings. The molecule has 1 N–H and O–H groups in total. The molecular formula is C16H28N2O3. The summed E-state index contributed by atoms with van der Waals surface area (Å²) in [6.45, 7) is 6.21. The molecule has 2 heterocycles. The Kier molecular flexibility index (Phi) is 5.62. The summed E-state index contributed by atoms with van der Waals surface area (Å²) in [6, 6.07) is -0.850. The van der Waals surface area contributed by atoms with Gasteiger partial charge in [-0.25, -0.2) is 0 Å². The van der Waals surface area contributed by atoms with Gasteiger partial charge in [0.05, 0.1) is 6.04 Å². The zero-order valence-electron chi connectivity index (χ0n) is 13.3. The highest BCUT2D eigenvalue weighted by Gasteiger charge is 2.39. The molecule has 21 heavy (non-hydrogen) atoms. The third-order valence-corrected chi connectivity index (χ3v) is 5.00. The molecule has 0 radical (unpaired) electrons. The van der Waals surface area contributed by atoms with Gasteiger partial charge in [-0.15, -0.1) is 0 Å². The van der Waals surface area contributed by atoms with Crippen molar-refractivity contribution in [2.24, 2.45) is 5.92 Å². The maximum absolute atomic E-state index is 12.7. The van der Waals surface area contributed by atoms with Crippen LogP contribution in [0, 0.1) is 5.92 Å². The van der Waals surface area contributed by atoms with Crippen LogP contribution < -0.4 is 0 Å². The first-order valence-electron chi connectivity index (χ1n) is 8.29. The Hall–Kier alpha value is -1.10. The zero-order valence-corrected chi connectivity index (χ0v) is 13.3. The molecule has 5 heteroatoms. The van der Waals surface area contributed by atoms with Crippen LogP contribution in [0.1, 0.15) is 52.4 Å². The van der Waals surface area contributed by atoms with Crippen LogP contribution in [0.2, 0.25) is 0 Å². The molecular weight excluding hydrogens is 268 g/mol. The number of hydrogen-bond acceptors (Lipinski definition) is 3. The van der Waals surface area contributed by atoms with E-state index in [0.717, 1.165) is 38.8 Å². The number of carboxylic acids is 1. The average Bonchev–Trinajstić information content (AvgIpc) is 2.74. The van der Waals surface area contributed by atoms with E-state index in [9.17, 15) is 14.7 Å². The quantitative estimate of drug-likeness (QED) is 0.865. The molecule has 3 unspecified atom stereocenters. The van der Waals surface area contributed by atoms with Crippen LogP contribution >= 0.6 is 0 Å². The second-order valence-electron chi connectivity index (χ2n) is 6.56. The molecule has 2 saturated heterocycles. The van der Waals surface area contributed by atoms with Gasteiger partial charge in [0.15, 0.2) is 0 Å². The monoisotopic (exact) mass is 296 g/mol. The summed E-state index contributed by atoms with van der Waals surface area (Å²) in [7, 11) is 0. The van der Waals surface area contributed by atoms with Gasteiger partial charge < -0.3 is 10.0 Å². The lowest BCUT2D eigenvalue weighted by Gasteiger charge is -2.41. The van der Waals surface area contributed by atoms with Gasteiger partial charge in [0.1, 0.15) is 6.04 Å². The molecule has 2 aliphatic rings. The van der Waals surface area contributed by atoms with Gasteiger partial charge in [-0.05, 0) is 45.1 Å². The van der Waals surface area contributed by atoms with Crippen LogP contribution in [0.5, 0.6) is 0 Å². The van der Waals surface area contributed by atoms with Crippen LogP contribution in [0.3, 0.4) is 0 Å². The number of aliphatic carboxylic acids is 1. The second kappa shape index (κ2) is 7.25. The van der Waals surface area contributed by atoms with Crippen molar-refractivity contribution in [3.05, 3.63) is 0 Å². The van der Waals surface area contributed by atoms with Crippen LogP contribution in [0.15, 0.2) is 0 Å². The first-order chi connectivity index (χ1) is 10.0. The van der Waals surface area contributed by atoms with Gasteiger partial charge >= 0.3 is 5.97 Å². The van der Waals surface area contributed by atoms with E-state index in [-0.39, 0.29) is 17.9 Å². The van der Waals surface area contributed by atoms with Gasteiger partial charge in [-0.2, -0.15) is 0 Å². The molecule has 2 aliphatic heterocycles. The van der Waals surface area contributed by atoms with Crippen LogP contribution in [0.4, 0.5) is 0 Å². The number of carboxylic acid groups (broad SMARTS) is 1. The molecule has 1 amide bonds. The number of rotatable bonds is 3. The van der Waals surface area contributed by atoms with Crippen molar-refractivity contribution in [2.75, 3.05) is 19.6 Å². The number of carbonyl (C=O) groups is 2. The Bertz CT molecular complexity index is 378. The fraction of sp³-hybridized carbons (Fsp3) is 0.875. The van der Waals surface area contributed by atoms with E-state index in [2.05, 4.69) is 0 Å². The molecule has 2 rings (SSSR count). The van der Waals surface area contributed by atoms with Crippen molar-refractivity contribution in [1.82, 2.24) is 9.80 Å². The van der Waals surface area contributed by atoms with E-state index in [1.165, 1.54) is 12.8 Å². The second-order valence-corrected chi connectivity index (χ2v) is 6.56. The van der Waals surface area contributed by atoms with E-state index in [0.29, 0.717) is 6.54 Å². The fourth-order valence-electron chi connectivity index (χ4n) is 3.74. The molecule has 0 saturated carbocycles. The first kappa shape index (κ1) is 16.3. The zero-order chi connectivity index (χ0) is 15.4. The largest absolute Gasteiger partial charge is 0.480 e. The molecule has 0 spiro atoms. The number of amides is 1. The van der Waals surface area contributed by atoms with Crippen molar-refractivity contribution in [3.8, 4) is 0 Å². The average molecular weight is 296 g/mol. The van der Waals surface area contributed by atoms with Gasteiger partial charge in [0.25, 0.3) is 0 Å². The van der Waals surface area contributed by atoms with Crippen molar-refractivity contribution < 1.29 is 14.7 Å². The number of nitrogens with zero attached hydrogens (tertiary/aromatic N) is 2. The van der Waals surface area contributed by atoms with E-state index in [1.807, 2.05) is 23.6 Å². The highest BCUT2D eigenvalue weighted by molar-refractivity contribution is 5.83. The molecule has 0 aromatic carbocycles. The molecule has 0 aromatic heterocycles. The summed E-state index contributed by atoms with van der Waals surface area (Å²) in [5.41, 5.74) is 0. The van der Waals surface area contributed by atoms with Crippen molar-refractivity contribution >= 4 is 11.9 Å². The van der Waals surface area contributed by atoms with Crippen molar-refractivity contribution in [2.45, 2.75) is 64.5 Å². The van der Waals surface area contributed by atoms with E-state index < -0.39 is 12.0 Å². The summed E-state index contributed by atoms with van der Waals surface area (Å²) < 4.78 is 0. The Morgan fingerprint density at radius 1 is 1.05 bits per heavy atom. The van der Waals surface area contributed by atoms with Crippen molar-refractivity contribution in [3.63, 3.8) is 0 Å². The fourth-order valence-corrected chi connectivity index (χ4v) is 3.74. The first-order valence-corrected chi connectivity index (χ1v) is 8.29. The topological polar surface area (TPSA) is 60.9 Å². The predicted molar refractivity (Wildman–Crippen MR) is 81.0 cm³/mol. The minimum absolute atomic E-state index is 0.107. The summed E-state index contributed by atoms with van der Waals surface area (Å²) in [4.78, 5) is 28.1. The number of carbonyl (C=O) groups excluding carboxylic acids is 1. The van der Waals surface area contributed by atoms with Crippen molar-refractivity contribution in [1.29, 1.82) is 0 Å². The van der Waals surface area contributed by atoms with Crippen LogP contribution in [0.25, 0.3) is 0 Å². The summed E-state index contributed by atoms with van der Waals surface area (Å²) in [5.74, 6) is -0.578. The van der Waals surface area contributed by atoms with Gasteiger partial charge in [-0.1, -0.05) is 19.8 Å². The minimum atomic E-state index is -0.794. The maximum Gasteiger partial charge on any atom is 0.321 e. The van der Waals surface area contributed by atoms with Gasteiger partial charge in [0, 0.05) is 13.1 Å². The number of piperidine rings is 1. The highest BCUT2D eigenvalue weighted by Crippen LogP contribution is 2.26. The lowest BCUT2D eigenvalue weighted by molar-refractivity contribution is -0.151. The lowest BCUT2D eigenvalue weighted by atomic mass is 9.89. The van der Waals surface area contributed by atoms with Crippen LogP contribution in [-0.2, 0) is 9.59 Å². The normalized spacial score (nSPS) is 29.7. The predicted octanol–water partition coefficient (Wildman–Crippen LogP) is 1.96. The van der Waals surface area contributed by atoms with E-state index in [4.69, 9.17) is 0 Å². The van der Waals surface area contributed by atoms with Gasteiger partial charge in [-0.3, -0.25) is 14.5 Å². The Labute approximate surface area is 127 Å². The Morgan fingerprint density at radius 2 is 1.67 bits per heavy atom. The van der Waals surface area contributed by atoms with E-state index in [1.54, 1.807) is 0 Å². The maximum atomic E-state index is 12.7. The third-order valence-electron chi connectivity index (χ3n) is 5.00. The van der Waals surface area contributed by atoms with E-state index >= 15 is 0 Å². The highest BCUT2D eigenvalue weighted by atomic mass is 16.4. The lowest BCUT2D eigenvalue weighted by Crippen LogP contribution is -2.57. The minimum Gasteiger partial charge on any atom is -0.480 e. The standard InChI is InChI=1S/C16H28N2O3/c1-12-8-7-11-18(14(12)16(20)21)13(2)15(19)17-9-5-3-4-6-10-17/h12-14H,3-11H2,1-2H3,(H,20,21). The summed E-state index contributed by atoms with van der Waals surface area (Å²) >= 11 is 0. The molecule has 2 fully saturated rings. The molecule has 0 aliphatic carbocycles. The molecule has 0 bridgehead atoms.